The van der Waals surface area contributed by atoms with Gasteiger partial charge in [-0.05, 0) is 18.6 Å². The maximum Gasteiger partial charge on any atom is 0.324 e. The van der Waals surface area contributed by atoms with Crippen LogP contribution < -0.4 is 15.4 Å². The highest BCUT2D eigenvalue weighted by Crippen LogP contribution is 2.27. The van der Waals surface area contributed by atoms with Gasteiger partial charge in [0.2, 0.25) is 5.91 Å². The van der Waals surface area contributed by atoms with Crippen LogP contribution in [0.5, 0.6) is 5.06 Å². The van der Waals surface area contributed by atoms with Crippen molar-refractivity contribution < 1.29 is 14.3 Å². The lowest BCUT2D eigenvalue weighted by molar-refractivity contribution is -0.119. The van der Waals surface area contributed by atoms with Crippen LogP contribution in [-0.2, 0) is 11.3 Å². The number of nitrogens with zero attached hydrogens (tertiary/aromatic N) is 2. The molecule has 2 aromatic rings. The highest BCUT2D eigenvalue weighted by Gasteiger charge is 2.30. The average molecular weight is 332 g/mol. The molecule has 1 aromatic carbocycles. The molecule has 23 heavy (non-hydrogen) atoms. The molecule has 2 N–H and O–H groups in total. The second-order valence-corrected chi connectivity index (χ2v) is 6.06. The molecule has 0 radical (unpaired) electrons. The Morgan fingerprint density at radius 2 is 2.26 bits per heavy atom. The fraction of sp³-hybridized carbons (Fsp3) is 0.267. The number of carbonyl (C=O) groups excluding carboxylic acids is 2. The maximum atomic E-state index is 12.5. The van der Waals surface area contributed by atoms with Crippen molar-refractivity contribution in [2.75, 3.05) is 17.7 Å². The number of anilines is 2. The van der Waals surface area contributed by atoms with Gasteiger partial charge >= 0.3 is 6.03 Å². The van der Waals surface area contributed by atoms with Crippen LogP contribution in [0.3, 0.4) is 0 Å². The molecule has 0 spiro atoms. The summed E-state index contributed by atoms with van der Waals surface area (Å²) in [7, 11) is 1.54. The first-order valence-electron chi connectivity index (χ1n) is 7.04. The molecule has 8 heteroatoms. The molecule has 1 atom stereocenters. The zero-order valence-electron chi connectivity index (χ0n) is 12.7. The van der Waals surface area contributed by atoms with E-state index in [1.807, 2.05) is 24.3 Å². The second-order valence-electron chi connectivity index (χ2n) is 5.07. The SMILES string of the molecule is COc1cnc(NC(=O)N2Cc3ccccc3NC(=O)C2C)s1. The number of benzene rings is 1. The molecule has 0 bridgehead atoms. The van der Waals surface area contributed by atoms with Crippen molar-refractivity contribution in [2.45, 2.75) is 19.5 Å². The number of thiazole rings is 1. The van der Waals surface area contributed by atoms with Gasteiger partial charge in [0.05, 0.1) is 19.9 Å². The number of nitrogens with one attached hydrogen (secondary N) is 2. The number of rotatable bonds is 2. The predicted octanol–water partition coefficient (Wildman–Crippen LogP) is 2.53. The summed E-state index contributed by atoms with van der Waals surface area (Å²) in [6, 6.07) is 6.47. The number of hydrogen-bond acceptors (Lipinski definition) is 5. The Labute approximate surface area is 137 Å². The van der Waals surface area contributed by atoms with E-state index in [0.29, 0.717) is 16.7 Å². The minimum absolute atomic E-state index is 0.221. The van der Waals surface area contributed by atoms with E-state index in [0.717, 1.165) is 11.3 Å². The van der Waals surface area contributed by atoms with E-state index >= 15 is 0 Å². The van der Waals surface area contributed by atoms with Gasteiger partial charge in [0.1, 0.15) is 6.04 Å². The normalized spacial score (nSPS) is 17.0. The fourth-order valence-corrected chi connectivity index (χ4v) is 2.92. The van der Waals surface area contributed by atoms with Crippen molar-refractivity contribution in [1.82, 2.24) is 9.88 Å². The molecule has 0 fully saturated rings. The van der Waals surface area contributed by atoms with Crippen LogP contribution in [0.25, 0.3) is 0 Å². The van der Waals surface area contributed by atoms with E-state index in [4.69, 9.17) is 4.74 Å². The molecule has 120 valence electrons. The molecule has 1 unspecified atom stereocenters. The van der Waals surface area contributed by atoms with Gasteiger partial charge in [-0.25, -0.2) is 9.78 Å². The van der Waals surface area contributed by atoms with Crippen LogP contribution in [0, 0.1) is 0 Å². The van der Waals surface area contributed by atoms with Crippen molar-refractivity contribution in [1.29, 1.82) is 0 Å². The van der Waals surface area contributed by atoms with E-state index in [9.17, 15) is 9.59 Å². The number of aromatic nitrogens is 1. The molecule has 1 aromatic heterocycles. The molecule has 3 amide bonds. The molecule has 7 nitrogen and oxygen atoms in total. The van der Waals surface area contributed by atoms with Crippen molar-refractivity contribution >= 4 is 34.1 Å². The van der Waals surface area contributed by atoms with Crippen LogP contribution in [0.2, 0.25) is 0 Å². The van der Waals surface area contributed by atoms with Gasteiger partial charge in [0.15, 0.2) is 10.2 Å². The summed E-state index contributed by atoms with van der Waals surface area (Å²) in [5, 5.41) is 6.58. The van der Waals surface area contributed by atoms with E-state index in [2.05, 4.69) is 15.6 Å². The lowest BCUT2D eigenvalue weighted by Gasteiger charge is -2.25. The number of para-hydroxylation sites is 1. The summed E-state index contributed by atoms with van der Waals surface area (Å²) in [5.74, 6) is -0.221. The van der Waals surface area contributed by atoms with Crippen LogP contribution in [0.4, 0.5) is 15.6 Å². The van der Waals surface area contributed by atoms with Crippen LogP contribution in [-0.4, -0.2) is 35.0 Å². The number of fused-ring (bicyclic) bond motifs is 1. The Morgan fingerprint density at radius 3 is 3.00 bits per heavy atom. The summed E-state index contributed by atoms with van der Waals surface area (Å²) < 4.78 is 5.05. The van der Waals surface area contributed by atoms with E-state index in [1.165, 1.54) is 29.5 Å². The third kappa shape index (κ3) is 3.11. The van der Waals surface area contributed by atoms with Crippen LogP contribution in [0.15, 0.2) is 30.5 Å². The van der Waals surface area contributed by atoms with Gasteiger partial charge in [-0.1, -0.05) is 29.5 Å². The van der Waals surface area contributed by atoms with E-state index < -0.39 is 6.04 Å². The Kier molecular flexibility index (Phi) is 4.16. The van der Waals surface area contributed by atoms with Gasteiger partial charge in [0.25, 0.3) is 0 Å². The van der Waals surface area contributed by atoms with Crippen LogP contribution >= 0.6 is 11.3 Å². The number of methoxy groups -OCH3 is 1. The highest BCUT2D eigenvalue weighted by molar-refractivity contribution is 7.17. The smallest absolute Gasteiger partial charge is 0.324 e. The predicted molar refractivity (Wildman–Crippen MR) is 87.8 cm³/mol. The monoisotopic (exact) mass is 332 g/mol. The van der Waals surface area contributed by atoms with Crippen LogP contribution in [0.1, 0.15) is 12.5 Å². The maximum absolute atomic E-state index is 12.5. The van der Waals surface area contributed by atoms with E-state index in [-0.39, 0.29) is 11.9 Å². The summed E-state index contributed by atoms with van der Waals surface area (Å²) in [6.07, 6.45) is 1.54. The number of urea groups is 1. The largest absolute Gasteiger partial charge is 0.486 e. The van der Waals surface area contributed by atoms with Crippen molar-refractivity contribution in [3.63, 3.8) is 0 Å². The number of amides is 3. The van der Waals surface area contributed by atoms with Crippen molar-refractivity contribution in [2.24, 2.45) is 0 Å². The van der Waals surface area contributed by atoms with E-state index in [1.54, 1.807) is 6.92 Å². The van der Waals surface area contributed by atoms with Gasteiger partial charge in [0, 0.05) is 5.69 Å². The third-order valence-corrected chi connectivity index (χ3v) is 4.50. The van der Waals surface area contributed by atoms with Crippen molar-refractivity contribution in [3.05, 3.63) is 36.0 Å². The first kappa shape index (κ1) is 15.3. The van der Waals surface area contributed by atoms with Gasteiger partial charge in [-0.2, -0.15) is 0 Å². The Morgan fingerprint density at radius 1 is 1.48 bits per heavy atom. The molecule has 1 aliphatic rings. The quantitative estimate of drug-likeness (QED) is 0.885. The highest BCUT2D eigenvalue weighted by atomic mass is 32.1. The van der Waals surface area contributed by atoms with Gasteiger partial charge in [-0.3, -0.25) is 10.1 Å². The number of carbonyl (C=O) groups is 2. The summed E-state index contributed by atoms with van der Waals surface area (Å²) in [6.45, 7) is 2.04. The minimum atomic E-state index is -0.593. The minimum Gasteiger partial charge on any atom is -0.486 e. The Balaban J connectivity index is 1.82. The average Bonchev–Trinajstić information content (AvgIpc) is 2.95. The molecule has 2 heterocycles. The first-order valence-corrected chi connectivity index (χ1v) is 7.86. The first-order chi connectivity index (χ1) is 11.1. The lowest BCUT2D eigenvalue weighted by Crippen LogP contribution is -2.45. The topological polar surface area (TPSA) is 83.6 Å². The molecule has 0 saturated heterocycles. The lowest BCUT2D eigenvalue weighted by atomic mass is 10.2. The zero-order chi connectivity index (χ0) is 16.4. The Hall–Kier alpha value is -2.61. The molecule has 0 saturated carbocycles. The summed E-state index contributed by atoms with van der Waals surface area (Å²) >= 11 is 1.23. The standard InChI is InChI=1S/C15H16N4O3S/c1-9-13(20)17-11-6-4-3-5-10(11)8-19(9)15(21)18-14-16-7-12(22-2)23-14/h3-7,9H,8H2,1-2H3,(H,17,20)(H,16,18,21). The Bertz CT molecular complexity index is 746. The molecule has 3 rings (SSSR count). The molecule has 1 aliphatic heterocycles. The second kappa shape index (κ2) is 6.25. The summed E-state index contributed by atoms with van der Waals surface area (Å²) in [4.78, 5) is 30.3. The van der Waals surface area contributed by atoms with Gasteiger partial charge in [-0.15, -0.1) is 0 Å². The fourth-order valence-electron chi connectivity index (χ4n) is 2.30. The summed E-state index contributed by atoms with van der Waals surface area (Å²) in [5.41, 5.74) is 1.62. The number of ether oxygens (including phenoxy) is 1. The van der Waals surface area contributed by atoms with Gasteiger partial charge < -0.3 is 15.0 Å². The molecule has 0 aliphatic carbocycles. The molecular formula is C15H16N4O3S. The van der Waals surface area contributed by atoms with Crippen molar-refractivity contribution in [3.8, 4) is 5.06 Å². The zero-order valence-corrected chi connectivity index (χ0v) is 13.5. The number of hydrogen-bond donors (Lipinski definition) is 2. The molecular weight excluding hydrogens is 316 g/mol. The third-order valence-electron chi connectivity index (χ3n) is 3.62.